The summed E-state index contributed by atoms with van der Waals surface area (Å²) in [5.41, 5.74) is 5.79. The maximum Gasteiger partial charge on any atom is 0.307 e. The molecule has 4 nitrogen and oxygen atoms in total. The summed E-state index contributed by atoms with van der Waals surface area (Å²) in [6, 6.07) is 14.4. The Morgan fingerprint density at radius 2 is 1.77 bits per heavy atom. The molecule has 0 aliphatic carbocycles. The number of carboxylic acid groups (broad SMARTS) is 1. The molecule has 0 amide bonds. The Bertz CT molecular complexity index is 902. The van der Waals surface area contributed by atoms with E-state index in [0.717, 1.165) is 36.1 Å². The molecule has 6 heteroatoms. The molecule has 3 rings (SSSR count). The molecule has 1 heterocycles. The molecule has 1 aliphatic rings. The van der Waals surface area contributed by atoms with Crippen LogP contribution in [0, 0.1) is 26.7 Å². The van der Waals surface area contributed by atoms with E-state index in [2.05, 4.69) is 49.9 Å². The average Bonchev–Trinajstić information content (AvgIpc) is 2.71. The van der Waals surface area contributed by atoms with Gasteiger partial charge in [-0.25, -0.2) is 0 Å². The molecule has 1 fully saturated rings. The van der Waals surface area contributed by atoms with Gasteiger partial charge in [-0.1, -0.05) is 42.5 Å². The van der Waals surface area contributed by atoms with Gasteiger partial charge in [-0.3, -0.25) is 9.00 Å². The maximum absolute atomic E-state index is 13.6. The van der Waals surface area contributed by atoms with Crippen molar-refractivity contribution in [2.24, 2.45) is 5.92 Å². The van der Waals surface area contributed by atoms with Gasteiger partial charge in [0.15, 0.2) is 0 Å². The molecule has 1 aliphatic heterocycles. The van der Waals surface area contributed by atoms with Crippen LogP contribution in [0.4, 0.5) is 0 Å². The zero-order valence-corrected chi connectivity index (χ0v) is 19.6. The Morgan fingerprint density at radius 1 is 1.10 bits per heavy atom. The summed E-state index contributed by atoms with van der Waals surface area (Å²) in [6.07, 6.45) is 1.63. The van der Waals surface area contributed by atoms with Crippen molar-refractivity contribution in [2.45, 2.75) is 38.9 Å². The monoisotopic (exact) mass is 449 g/mol. The zero-order valence-electron chi connectivity index (χ0n) is 18.0. The lowest BCUT2D eigenvalue weighted by Crippen LogP contribution is -2.40. The van der Waals surface area contributed by atoms with Crippen LogP contribution in [0.5, 0.6) is 0 Å². The fraction of sp³-hybridized carbons (Fsp3) is 0.458. The molecule has 164 valence electrons. The number of hydrogen-bond acceptors (Lipinski definition) is 3. The number of carboxylic acids is 1. The average molecular weight is 450 g/mol. The predicted octanol–water partition coefficient (Wildman–Crippen LogP) is 4.67. The molecule has 0 spiro atoms. The van der Waals surface area contributed by atoms with Crippen LogP contribution < -0.4 is 0 Å². The lowest BCUT2D eigenvalue weighted by Gasteiger charge is -2.31. The summed E-state index contributed by atoms with van der Waals surface area (Å²) in [5, 5.41) is 9.15. The van der Waals surface area contributed by atoms with E-state index in [4.69, 9.17) is 0 Å². The van der Waals surface area contributed by atoms with Gasteiger partial charge in [0.25, 0.3) is 0 Å². The van der Waals surface area contributed by atoms with Gasteiger partial charge >= 0.3 is 5.97 Å². The highest BCUT2D eigenvalue weighted by Gasteiger charge is 2.28. The minimum atomic E-state index is -1.10. The standard InChI is InChI=1S/C24H31NO3S.ClH/c1-17-9-6-12-22(19(17)3)23(21-11-5-4-8-18(21)2)29(28)15-14-25-13-7-10-20(16-25)24(26)27;/h4-6,8-9,11-12,20,23H,7,10,13-16H2,1-3H3,(H,26,27);1H/t20-,23?,29?;/m1./s1. The number of aliphatic carboxylic acids is 1. The van der Waals surface area contributed by atoms with Crippen molar-refractivity contribution in [3.8, 4) is 0 Å². The van der Waals surface area contributed by atoms with Crippen molar-refractivity contribution in [2.75, 3.05) is 25.4 Å². The molecule has 2 unspecified atom stereocenters. The van der Waals surface area contributed by atoms with Crippen LogP contribution in [-0.2, 0) is 15.6 Å². The van der Waals surface area contributed by atoms with Crippen LogP contribution in [0.25, 0.3) is 0 Å². The van der Waals surface area contributed by atoms with Crippen molar-refractivity contribution in [1.82, 2.24) is 4.90 Å². The zero-order chi connectivity index (χ0) is 21.0. The fourth-order valence-electron chi connectivity index (χ4n) is 4.19. The molecule has 0 bridgehead atoms. The van der Waals surface area contributed by atoms with E-state index in [1.165, 1.54) is 11.1 Å². The summed E-state index contributed by atoms with van der Waals surface area (Å²) >= 11 is 0. The van der Waals surface area contributed by atoms with Crippen LogP contribution in [-0.4, -0.2) is 45.6 Å². The highest BCUT2D eigenvalue weighted by atomic mass is 35.5. The number of piperidine rings is 1. The Kier molecular flexibility index (Phi) is 9.08. The van der Waals surface area contributed by atoms with Crippen LogP contribution in [0.15, 0.2) is 42.5 Å². The molecule has 3 atom stereocenters. The first kappa shape index (κ1) is 24.6. The lowest BCUT2D eigenvalue weighted by atomic mass is 9.95. The molecular weight excluding hydrogens is 418 g/mol. The second kappa shape index (κ2) is 11.1. The second-order valence-electron chi connectivity index (χ2n) is 8.09. The Balaban J connectivity index is 0.00000320. The van der Waals surface area contributed by atoms with Crippen LogP contribution in [0.1, 0.15) is 45.9 Å². The van der Waals surface area contributed by atoms with Gasteiger partial charge < -0.3 is 10.0 Å². The number of halogens is 1. The smallest absolute Gasteiger partial charge is 0.307 e. The van der Waals surface area contributed by atoms with Gasteiger partial charge in [0.2, 0.25) is 0 Å². The van der Waals surface area contributed by atoms with Crippen LogP contribution >= 0.6 is 12.4 Å². The van der Waals surface area contributed by atoms with E-state index in [1.54, 1.807) is 0 Å². The van der Waals surface area contributed by atoms with E-state index in [9.17, 15) is 14.1 Å². The van der Waals surface area contributed by atoms with Crippen LogP contribution in [0.2, 0.25) is 0 Å². The minimum absolute atomic E-state index is 0. The Labute approximate surface area is 188 Å². The maximum atomic E-state index is 13.6. The summed E-state index contributed by atoms with van der Waals surface area (Å²) in [5.74, 6) is -0.481. The van der Waals surface area contributed by atoms with Crippen molar-refractivity contribution < 1.29 is 14.1 Å². The molecule has 30 heavy (non-hydrogen) atoms. The van der Waals surface area contributed by atoms with Crippen molar-refractivity contribution in [1.29, 1.82) is 0 Å². The normalized spacial score (nSPS) is 19.0. The molecular formula is C24H32ClNO3S. The first-order valence-electron chi connectivity index (χ1n) is 10.3. The molecule has 0 aromatic heterocycles. The summed E-state index contributed by atoms with van der Waals surface area (Å²) in [6.45, 7) is 8.40. The van der Waals surface area contributed by atoms with Crippen molar-refractivity contribution in [3.05, 3.63) is 70.3 Å². The molecule has 0 saturated carbocycles. The van der Waals surface area contributed by atoms with E-state index in [1.807, 2.05) is 18.2 Å². The van der Waals surface area contributed by atoms with E-state index < -0.39 is 16.8 Å². The molecule has 1 N–H and O–H groups in total. The molecule has 1 saturated heterocycles. The predicted molar refractivity (Wildman–Crippen MR) is 126 cm³/mol. The van der Waals surface area contributed by atoms with E-state index in [0.29, 0.717) is 18.8 Å². The highest BCUT2D eigenvalue weighted by molar-refractivity contribution is 7.85. The van der Waals surface area contributed by atoms with Crippen molar-refractivity contribution in [3.63, 3.8) is 0 Å². The Morgan fingerprint density at radius 3 is 2.47 bits per heavy atom. The quantitative estimate of drug-likeness (QED) is 0.667. The Hall–Kier alpha value is -1.69. The molecule has 0 radical (unpaired) electrons. The van der Waals surface area contributed by atoms with Gasteiger partial charge in [0.1, 0.15) is 0 Å². The van der Waals surface area contributed by atoms with Gasteiger partial charge in [-0.05, 0) is 68.0 Å². The third kappa shape index (κ3) is 5.71. The number of aryl methyl sites for hydroxylation is 2. The number of benzene rings is 2. The summed E-state index contributed by atoms with van der Waals surface area (Å²) < 4.78 is 13.6. The number of carbonyl (C=O) groups is 1. The number of likely N-dealkylation sites (tertiary alicyclic amines) is 1. The number of rotatable bonds is 7. The topological polar surface area (TPSA) is 57.6 Å². The largest absolute Gasteiger partial charge is 0.481 e. The third-order valence-electron chi connectivity index (χ3n) is 6.13. The van der Waals surface area contributed by atoms with Gasteiger partial charge in [0.05, 0.1) is 11.2 Å². The minimum Gasteiger partial charge on any atom is -0.481 e. The van der Waals surface area contributed by atoms with Gasteiger partial charge in [0, 0.05) is 29.6 Å². The van der Waals surface area contributed by atoms with Crippen LogP contribution in [0.3, 0.4) is 0 Å². The van der Waals surface area contributed by atoms with Crippen molar-refractivity contribution >= 4 is 29.2 Å². The lowest BCUT2D eigenvalue weighted by molar-refractivity contribution is -0.143. The first-order chi connectivity index (χ1) is 13.9. The second-order valence-corrected chi connectivity index (χ2v) is 9.73. The van der Waals surface area contributed by atoms with E-state index in [-0.39, 0.29) is 23.6 Å². The number of hydrogen-bond donors (Lipinski definition) is 1. The SMILES string of the molecule is Cc1ccccc1C(c1cccc(C)c1C)S(=O)CCN1CCC[C@@H](C(=O)O)C1.Cl. The van der Waals surface area contributed by atoms with Gasteiger partial charge in [-0.15, -0.1) is 12.4 Å². The highest BCUT2D eigenvalue weighted by Crippen LogP contribution is 2.33. The number of nitrogens with zero attached hydrogens (tertiary/aromatic N) is 1. The fourth-order valence-corrected chi connectivity index (χ4v) is 5.95. The summed E-state index contributed by atoms with van der Waals surface area (Å²) in [7, 11) is -1.10. The molecule has 2 aromatic carbocycles. The molecule has 2 aromatic rings. The first-order valence-corrected chi connectivity index (χ1v) is 11.7. The van der Waals surface area contributed by atoms with E-state index >= 15 is 0 Å². The third-order valence-corrected chi connectivity index (χ3v) is 7.74. The summed E-state index contributed by atoms with van der Waals surface area (Å²) in [4.78, 5) is 13.5. The van der Waals surface area contributed by atoms with Gasteiger partial charge in [-0.2, -0.15) is 0 Å².